The zero-order valence-electron chi connectivity index (χ0n) is 11.7. The van der Waals surface area contributed by atoms with Crippen LogP contribution >= 0.6 is 11.6 Å². The molecule has 1 aromatic carbocycles. The second-order valence-corrected chi connectivity index (χ2v) is 5.03. The summed E-state index contributed by atoms with van der Waals surface area (Å²) in [7, 11) is 0. The lowest BCUT2D eigenvalue weighted by Crippen LogP contribution is -2.42. The van der Waals surface area contributed by atoms with Crippen molar-refractivity contribution in [1.29, 1.82) is 0 Å². The predicted octanol–water partition coefficient (Wildman–Crippen LogP) is 2.38. The topological polar surface area (TPSA) is 58.4 Å². The number of hydrogen-bond donors (Lipinski definition) is 2. The van der Waals surface area contributed by atoms with Crippen LogP contribution in [-0.4, -0.2) is 36.5 Å². The van der Waals surface area contributed by atoms with Crippen molar-refractivity contribution in [3.63, 3.8) is 0 Å². The van der Waals surface area contributed by atoms with E-state index in [9.17, 15) is 4.79 Å². The van der Waals surface area contributed by atoms with Gasteiger partial charge in [0, 0.05) is 23.3 Å². The van der Waals surface area contributed by atoms with E-state index in [1.165, 1.54) is 0 Å². The lowest BCUT2D eigenvalue weighted by Gasteiger charge is -2.23. The second-order valence-electron chi connectivity index (χ2n) is 4.59. The van der Waals surface area contributed by atoms with Crippen molar-refractivity contribution in [3.05, 3.63) is 28.8 Å². The molecule has 106 valence electrons. The first-order chi connectivity index (χ1) is 8.97. The molecule has 1 amide bonds. The normalized spacial score (nSPS) is 12.5. The maximum Gasteiger partial charge on any atom is 0.253 e. The molecule has 1 atom stereocenters. The number of amides is 1. The van der Waals surface area contributed by atoms with Crippen LogP contribution in [0.15, 0.2) is 18.2 Å². The zero-order chi connectivity index (χ0) is 14.4. The molecule has 0 aliphatic carbocycles. The van der Waals surface area contributed by atoms with Gasteiger partial charge in [0.05, 0.1) is 5.56 Å². The number of anilines is 1. The average Bonchev–Trinajstić information content (AvgIpc) is 2.35. The number of nitrogens with two attached hydrogens (primary N) is 1. The molecule has 3 N–H and O–H groups in total. The van der Waals surface area contributed by atoms with Crippen LogP contribution in [0.25, 0.3) is 0 Å². The van der Waals surface area contributed by atoms with Crippen molar-refractivity contribution in [2.75, 3.05) is 25.4 Å². The smallest absolute Gasteiger partial charge is 0.253 e. The summed E-state index contributed by atoms with van der Waals surface area (Å²) in [5.74, 6) is -0.158. The van der Waals surface area contributed by atoms with Gasteiger partial charge in [-0.15, -0.1) is 0 Å². The minimum absolute atomic E-state index is 0.0717. The van der Waals surface area contributed by atoms with E-state index < -0.39 is 0 Å². The quantitative estimate of drug-likeness (QED) is 0.788. The molecular weight excluding hydrogens is 262 g/mol. The fraction of sp³-hybridized carbons (Fsp3) is 0.500. The third-order valence-electron chi connectivity index (χ3n) is 3.06. The number of nitrogen functional groups attached to an aromatic ring is 1. The SMILES string of the molecule is CCN(CC)CC(C)NC(=O)c1ccc(Cl)cc1N. The molecule has 1 rings (SSSR count). The summed E-state index contributed by atoms with van der Waals surface area (Å²) in [4.78, 5) is 14.4. The Morgan fingerprint density at radius 2 is 2.05 bits per heavy atom. The van der Waals surface area contributed by atoms with Gasteiger partial charge in [-0.05, 0) is 38.2 Å². The number of likely N-dealkylation sites (N-methyl/N-ethyl adjacent to an activating group) is 1. The Labute approximate surface area is 119 Å². The summed E-state index contributed by atoms with van der Waals surface area (Å²) < 4.78 is 0. The summed E-state index contributed by atoms with van der Waals surface area (Å²) in [5, 5.41) is 3.48. The first-order valence-corrected chi connectivity index (χ1v) is 6.93. The zero-order valence-corrected chi connectivity index (χ0v) is 12.5. The predicted molar refractivity (Wildman–Crippen MR) is 80.6 cm³/mol. The van der Waals surface area contributed by atoms with E-state index in [4.69, 9.17) is 17.3 Å². The number of carbonyl (C=O) groups excluding carboxylic acids is 1. The Balaban J connectivity index is 2.63. The molecule has 1 unspecified atom stereocenters. The van der Waals surface area contributed by atoms with Crippen LogP contribution < -0.4 is 11.1 Å². The number of nitrogens with one attached hydrogen (secondary N) is 1. The van der Waals surface area contributed by atoms with Crippen molar-refractivity contribution >= 4 is 23.2 Å². The van der Waals surface area contributed by atoms with Crippen molar-refractivity contribution in [3.8, 4) is 0 Å². The Morgan fingerprint density at radius 3 is 2.58 bits per heavy atom. The molecule has 0 heterocycles. The summed E-state index contributed by atoms with van der Waals surface area (Å²) in [5.41, 5.74) is 6.67. The van der Waals surface area contributed by atoms with Crippen LogP contribution in [0.3, 0.4) is 0 Å². The first-order valence-electron chi connectivity index (χ1n) is 6.56. The van der Waals surface area contributed by atoms with Crippen LogP contribution in [-0.2, 0) is 0 Å². The summed E-state index contributed by atoms with van der Waals surface area (Å²) in [6.07, 6.45) is 0. The molecule has 0 aliphatic heterocycles. The number of rotatable bonds is 6. The third-order valence-corrected chi connectivity index (χ3v) is 3.30. The van der Waals surface area contributed by atoms with Crippen LogP contribution in [0, 0.1) is 0 Å². The summed E-state index contributed by atoms with van der Waals surface area (Å²) >= 11 is 5.82. The van der Waals surface area contributed by atoms with Gasteiger partial charge < -0.3 is 16.0 Å². The van der Waals surface area contributed by atoms with E-state index in [-0.39, 0.29) is 11.9 Å². The average molecular weight is 284 g/mol. The molecule has 5 heteroatoms. The highest BCUT2D eigenvalue weighted by Gasteiger charge is 2.14. The standard InChI is InChI=1S/C14H22ClN3O/c1-4-18(5-2)9-10(3)17-14(19)12-7-6-11(15)8-13(12)16/h6-8,10H,4-5,9,16H2,1-3H3,(H,17,19). The molecule has 0 saturated heterocycles. The molecule has 0 aromatic heterocycles. The van der Waals surface area contributed by atoms with Gasteiger partial charge in [-0.3, -0.25) is 4.79 Å². The molecule has 4 nitrogen and oxygen atoms in total. The van der Waals surface area contributed by atoms with E-state index in [1.807, 2.05) is 6.92 Å². The molecule has 0 saturated carbocycles. The van der Waals surface area contributed by atoms with Gasteiger partial charge >= 0.3 is 0 Å². The number of hydrogen-bond acceptors (Lipinski definition) is 3. The molecule has 0 radical (unpaired) electrons. The highest BCUT2D eigenvalue weighted by molar-refractivity contribution is 6.31. The minimum Gasteiger partial charge on any atom is -0.398 e. The molecule has 19 heavy (non-hydrogen) atoms. The molecule has 0 bridgehead atoms. The number of carbonyl (C=O) groups is 1. The van der Waals surface area contributed by atoms with E-state index in [1.54, 1.807) is 18.2 Å². The highest BCUT2D eigenvalue weighted by atomic mass is 35.5. The van der Waals surface area contributed by atoms with Crippen LogP contribution in [0.4, 0.5) is 5.69 Å². The van der Waals surface area contributed by atoms with Crippen molar-refractivity contribution in [2.45, 2.75) is 26.8 Å². The lowest BCUT2D eigenvalue weighted by atomic mass is 10.1. The fourth-order valence-electron chi connectivity index (χ4n) is 1.96. The van der Waals surface area contributed by atoms with Gasteiger partial charge in [0.2, 0.25) is 0 Å². The van der Waals surface area contributed by atoms with Gasteiger partial charge in [-0.1, -0.05) is 25.4 Å². The maximum absolute atomic E-state index is 12.1. The fourth-order valence-corrected chi connectivity index (χ4v) is 2.14. The molecule has 1 aromatic rings. The Morgan fingerprint density at radius 1 is 1.42 bits per heavy atom. The highest BCUT2D eigenvalue weighted by Crippen LogP contribution is 2.17. The summed E-state index contributed by atoms with van der Waals surface area (Å²) in [6, 6.07) is 4.98. The molecule has 0 aliphatic rings. The van der Waals surface area contributed by atoms with E-state index in [0.29, 0.717) is 16.3 Å². The van der Waals surface area contributed by atoms with Crippen LogP contribution in [0.1, 0.15) is 31.1 Å². The maximum atomic E-state index is 12.1. The Bertz CT molecular complexity index is 433. The van der Waals surface area contributed by atoms with E-state index in [2.05, 4.69) is 24.1 Å². The lowest BCUT2D eigenvalue weighted by molar-refractivity contribution is 0.0931. The van der Waals surface area contributed by atoms with Crippen molar-refractivity contribution in [2.24, 2.45) is 0 Å². The number of halogens is 1. The van der Waals surface area contributed by atoms with E-state index >= 15 is 0 Å². The molecule has 0 spiro atoms. The molecular formula is C14H22ClN3O. The second kappa shape index (κ2) is 7.36. The van der Waals surface area contributed by atoms with E-state index in [0.717, 1.165) is 19.6 Å². The van der Waals surface area contributed by atoms with Gasteiger partial charge in [0.15, 0.2) is 0 Å². The van der Waals surface area contributed by atoms with Gasteiger partial charge in [0.1, 0.15) is 0 Å². The summed E-state index contributed by atoms with van der Waals surface area (Å²) in [6.45, 7) is 8.97. The van der Waals surface area contributed by atoms with Crippen LogP contribution in [0.2, 0.25) is 5.02 Å². The van der Waals surface area contributed by atoms with Gasteiger partial charge in [0.25, 0.3) is 5.91 Å². The monoisotopic (exact) mass is 283 g/mol. The van der Waals surface area contributed by atoms with Crippen LogP contribution in [0.5, 0.6) is 0 Å². The third kappa shape index (κ3) is 4.73. The Hall–Kier alpha value is -1.26. The Kier molecular flexibility index (Phi) is 6.12. The van der Waals surface area contributed by atoms with Gasteiger partial charge in [-0.25, -0.2) is 0 Å². The largest absolute Gasteiger partial charge is 0.398 e. The minimum atomic E-state index is -0.158. The van der Waals surface area contributed by atoms with Crippen molar-refractivity contribution < 1.29 is 4.79 Å². The van der Waals surface area contributed by atoms with Gasteiger partial charge in [-0.2, -0.15) is 0 Å². The van der Waals surface area contributed by atoms with Crippen molar-refractivity contribution in [1.82, 2.24) is 10.2 Å². The number of nitrogens with zero attached hydrogens (tertiary/aromatic N) is 1. The molecule has 0 fully saturated rings. The number of benzene rings is 1. The first kappa shape index (κ1) is 15.8.